The Labute approximate surface area is 155 Å². The number of carbonyl (C=O) groups is 1. The van der Waals surface area contributed by atoms with Crippen LogP contribution in [0.15, 0.2) is 53.6 Å². The highest BCUT2D eigenvalue weighted by Crippen LogP contribution is 2.33. The zero-order chi connectivity index (χ0) is 19.9. The highest BCUT2D eigenvalue weighted by atomic mass is 32.2. The number of benzene rings is 2. The second-order valence-electron chi connectivity index (χ2n) is 6.14. The Kier molecular flexibility index (Phi) is 4.61. The van der Waals surface area contributed by atoms with Gasteiger partial charge in [0.1, 0.15) is 11.6 Å². The fraction of sp³-hybridized carbons (Fsp3) is 0.105. The summed E-state index contributed by atoms with van der Waals surface area (Å²) in [6.07, 6.45) is 2.54. The molecule has 3 aromatic rings. The summed E-state index contributed by atoms with van der Waals surface area (Å²) in [4.78, 5) is 11.9. The number of nitrogens with zero attached hydrogens (tertiary/aromatic N) is 1. The van der Waals surface area contributed by atoms with E-state index >= 15 is 0 Å². The van der Waals surface area contributed by atoms with E-state index in [4.69, 9.17) is 5.73 Å². The van der Waals surface area contributed by atoms with Crippen LogP contribution in [0.1, 0.15) is 15.9 Å². The summed E-state index contributed by atoms with van der Waals surface area (Å²) in [6.45, 7) is 1.61. The van der Waals surface area contributed by atoms with Crippen molar-refractivity contribution in [3.8, 4) is 16.9 Å². The zero-order valence-corrected chi connectivity index (χ0v) is 15.3. The first kappa shape index (κ1) is 18.8. The van der Waals surface area contributed by atoms with Crippen LogP contribution >= 0.6 is 0 Å². The molecule has 0 aliphatic heterocycles. The van der Waals surface area contributed by atoms with Crippen molar-refractivity contribution in [3.05, 3.63) is 71.4 Å². The van der Waals surface area contributed by atoms with Crippen molar-refractivity contribution < 1.29 is 22.0 Å². The molecule has 3 rings (SSSR count). The van der Waals surface area contributed by atoms with E-state index in [0.717, 1.165) is 18.4 Å². The second-order valence-corrected chi connectivity index (χ2v) is 8.16. The number of sulfone groups is 1. The van der Waals surface area contributed by atoms with Crippen LogP contribution in [-0.2, 0) is 9.84 Å². The van der Waals surface area contributed by atoms with E-state index in [1.54, 1.807) is 6.92 Å². The number of halogens is 2. The number of hydrogen-bond acceptors (Lipinski definition) is 3. The predicted octanol–water partition coefficient (Wildman–Crippen LogP) is 3.23. The molecule has 0 saturated heterocycles. The van der Waals surface area contributed by atoms with Crippen molar-refractivity contribution in [1.29, 1.82) is 0 Å². The van der Waals surface area contributed by atoms with Crippen LogP contribution in [0.25, 0.3) is 16.9 Å². The smallest absolute Gasteiger partial charge is 0.250 e. The van der Waals surface area contributed by atoms with Gasteiger partial charge < -0.3 is 10.3 Å². The first-order chi connectivity index (χ1) is 12.6. The van der Waals surface area contributed by atoms with Crippen LogP contribution in [0.4, 0.5) is 8.78 Å². The Morgan fingerprint density at radius 2 is 1.70 bits per heavy atom. The predicted molar refractivity (Wildman–Crippen MR) is 97.5 cm³/mol. The molecular formula is C19H16F2N2O3S. The number of primary amides is 1. The van der Waals surface area contributed by atoms with Gasteiger partial charge in [-0.1, -0.05) is 0 Å². The lowest BCUT2D eigenvalue weighted by atomic mass is 10.0. The summed E-state index contributed by atoms with van der Waals surface area (Å²) >= 11 is 0. The van der Waals surface area contributed by atoms with E-state index in [1.165, 1.54) is 41.1 Å². The number of amides is 1. The van der Waals surface area contributed by atoms with Gasteiger partial charge >= 0.3 is 0 Å². The molecule has 0 unspecified atom stereocenters. The van der Waals surface area contributed by atoms with Crippen LogP contribution in [0.3, 0.4) is 0 Å². The van der Waals surface area contributed by atoms with Gasteiger partial charge in [-0.2, -0.15) is 0 Å². The van der Waals surface area contributed by atoms with Gasteiger partial charge in [-0.15, -0.1) is 0 Å². The number of nitrogens with two attached hydrogens (primary N) is 1. The maximum atomic E-state index is 14.4. The van der Waals surface area contributed by atoms with Crippen LogP contribution in [0.2, 0.25) is 0 Å². The second kappa shape index (κ2) is 6.62. The summed E-state index contributed by atoms with van der Waals surface area (Å²) in [5, 5.41) is 0. The highest BCUT2D eigenvalue weighted by Gasteiger charge is 2.21. The molecule has 1 aromatic heterocycles. The van der Waals surface area contributed by atoms with Crippen molar-refractivity contribution in [2.75, 3.05) is 6.26 Å². The topological polar surface area (TPSA) is 82.2 Å². The van der Waals surface area contributed by atoms with Gasteiger partial charge in [-0.05, 0) is 48.9 Å². The Balaban J connectivity index is 2.26. The van der Waals surface area contributed by atoms with Gasteiger partial charge in [-0.3, -0.25) is 4.79 Å². The molecule has 8 heteroatoms. The number of hydrogen-bond donors (Lipinski definition) is 1. The average Bonchev–Trinajstić information content (AvgIpc) is 2.92. The monoisotopic (exact) mass is 390 g/mol. The number of rotatable bonds is 4. The highest BCUT2D eigenvalue weighted by molar-refractivity contribution is 7.90. The lowest BCUT2D eigenvalue weighted by Gasteiger charge is -2.12. The van der Waals surface area contributed by atoms with E-state index in [-0.39, 0.29) is 16.0 Å². The molecule has 0 aliphatic carbocycles. The van der Waals surface area contributed by atoms with E-state index in [0.29, 0.717) is 16.9 Å². The summed E-state index contributed by atoms with van der Waals surface area (Å²) in [5.41, 5.74) is 6.94. The number of aromatic nitrogens is 1. The molecule has 0 spiro atoms. The van der Waals surface area contributed by atoms with E-state index in [1.807, 2.05) is 0 Å². The van der Waals surface area contributed by atoms with Gasteiger partial charge in [0, 0.05) is 29.8 Å². The molecule has 0 saturated carbocycles. The van der Waals surface area contributed by atoms with E-state index in [2.05, 4.69) is 0 Å². The molecule has 2 aromatic carbocycles. The molecule has 27 heavy (non-hydrogen) atoms. The summed E-state index contributed by atoms with van der Waals surface area (Å²) < 4.78 is 52.5. The molecule has 0 fully saturated rings. The molecule has 1 amide bonds. The Bertz CT molecular complexity index is 1150. The maximum absolute atomic E-state index is 14.4. The molecule has 140 valence electrons. The van der Waals surface area contributed by atoms with Crippen molar-refractivity contribution in [2.45, 2.75) is 11.8 Å². The van der Waals surface area contributed by atoms with Gasteiger partial charge in [0.2, 0.25) is 0 Å². The third-order valence-electron chi connectivity index (χ3n) is 4.25. The summed E-state index contributed by atoms with van der Waals surface area (Å²) in [6, 6.07) is 9.04. The lowest BCUT2D eigenvalue weighted by Crippen LogP contribution is -2.11. The lowest BCUT2D eigenvalue weighted by molar-refractivity contribution is 0.1000. The minimum Gasteiger partial charge on any atom is -0.366 e. The van der Waals surface area contributed by atoms with E-state index in [9.17, 15) is 22.0 Å². The zero-order valence-electron chi connectivity index (χ0n) is 14.5. The fourth-order valence-corrected chi connectivity index (χ4v) is 3.55. The van der Waals surface area contributed by atoms with Crippen molar-refractivity contribution in [3.63, 3.8) is 0 Å². The third-order valence-corrected chi connectivity index (χ3v) is 5.38. The summed E-state index contributed by atoms with van der Waals surface area (Å²) in [5.74, 6) is -2.20. The number of carbonyl (C=O) groups excluding carboxylic acids is 1. The van der Waals surface area contributed by atoms with Crippen molar-refractivity contribution >= 4 is 15.7 Å². The molecule has 0 aliphatic rings. The maximum Gasteiger partial charge on any atom is 0.250 e. The minimum atomic E-state index is -3.38. The minimum absolute atomic E-state index is 0.0913. The van der Waals surface area contributed by atoms with Crippen LogP contribution in [-0.4, -0.2) is 25.1 Å². The molecule has 0 radical (unpaired) electrons. The average molecular weight is 390 g/mol. The normalized spacial score (nSPS) is 11.6. The molecule has 1 heterocycles. The standard InChI is InChI=1S/C19H16F2N2O3S/c1-11-16(19(22)24)10-23(13-4-6-14(7-5-13)27(2,25)26)18(11)15-8-3-12(20)9-17(15)21/h3-10H,1-2H3,(H2,22,24). The van der Waals surface area contributed by atoms with Crippen molar-refractivity contribution in [1.82, 2.24) is 4.57 Å². The molecule has 0 bridgehead atoms. The third kappa shape index (κ3) is 3.48. The molecule has 0 atom stereocenters. The molecule has 5 nitrogen and oxygen atoms in total. The summed E-state index contributed by atoms with van der Waals surface area (Å²) in [7, 11) is -3.38. The SMILES string of the molecule is Cc1c(C(N)=O)cn(-c2ccc(S(C)(=O)=O)cc2)c1-c1ccc(F)cc1F. The Hall–Kier alpha value is -3.00. The van der Waals surface area contributed by atoms with Gasteiger partial charge in [0.25, 0.3) is 5.91 Å². The van der Waals surface area contributed by atoms with Gasteiger partial charge in [0.15, 0.2) is 9.84 Å². The fourth-order valence-electron chi connectivity index (χ4n) is 2.92. The van der Waals surface area contributed by atoms with Crippen LogP contribution < -0.4 is 5.73 Å². The molecular weight excluding hydrogens is 374 g/mol. The van der Waals surface area contributed by atoms with Crippen LogP contribution in [0.5, 0.6) is 0 Å². The quantitative estimate of drug-likeness (QED) is 0.743. The largest absolute Gasteiger partial charge is 0.366 e. The van der Waals surface area contributed by atoms with Gasteiger partial charge in [0.05, 0.1) is 16.2 Å². The molecule has 2 N–H and O–H groups in total. The van der Waals surface area contributed by atoms with E-state index < -0.39 is 27.4 Å². The van der Waals surface area contributed by atoms with Gasteiger partial charge in [-0.25, -0.2) is 17.2 Å². The Morgan fingerprint density at radius 1 is 1.07 bits per heavy atom. The van der Waals surface area contributed by atoms with Crippen molar-refractivity contribution in [2.24, 2.45) is 5.73 Å². The van der Waals surface area contributed by atoms with Crippen LogP contribution in [0, 0.1) is 18.6 Å². The first-order valence-electron chi connectivity index (χ1n) is 7.87. The Morgan fingerprint density at radius 3 is 2.22 bits per heavy atom. The first-order valence-corrected chi connectivity index (χ1v) is 9.76.